The minimum Gasteiger partial charge on any atom is -0.352 e. The summed E-state index contributed by atoms with van der Waals surface area (Å²) in [5.74, 6) is 0.994. The monoisotopic (exact) mass is 474 g/mol. The summed E-state index contributed by atoms with van der Waals surface area (Å²) in [5, 5.41) is 4.03. The van der Waals surface area contributed by atoms with Crippen molar-refractivity contribution in [2.24, 2.45) is 0 Å². The van der Waals surface area contributed by atoms with Crippen LogP contribution in [0.4, 0.5) is 11.5 Å². The molecule has 3 aliphatic rings. The van der Waals surface area contributed by atoms with Gasteiger partial charge in [0.1, 0.15) is 5.82 Å². The number of hydrogen-bond donors (Lipinski definition) is 2. The Balaban J connectivity index is 1.24. The SMILES string of the molecule is CS(=O)(=O)Nc1ccc(N2[C@@H]3CC[C@H]2CC(NC(=O)C2(c4ccc(Cl)cc4)CC2)C3)nc1. The van der Waals surface area contributed by atoms with E-state index in [1.165, 1.54) is 0 Å². The molecule has 2 N–H and O–H groups in total. The number of hydrogen-bond acceptors (Lipinski definition) is 5. The predicted molar refractivity (Wildman–Crippen MR) is 126 cm³/mol. The van der Waals surface area contributed by atoms with E-state index in [9.17, 15) is 13.2 Å². The van der Waals surface area contributed by atoms with Gasteiger partial charge in [0, 0.05) is 23.1 Å². The van der Waals surface area contributed by atoms with Gasteiger partial charge in [0.05, 0.1) is 23.6 Å². The second kappa shape index (κ2) is 7.92. The van der Waals surface area contributed by atoms with Gasteiger partial charge in [0.25, 0.3) is 0 Å². The van der Waals surface area contributed by atoms with Crippen molar-refractivity contribution >= 4 is 39.0 Å². The van der Waals surface area contributed by atoms with Gasteiger partial charge in [-0.2, -0.15) is 0 Å². The van der Waals surface area contributed by atoms with E-state index in [0.717, 1.165) is 56.2 Å². The van der Waals surface area contributed by atoms with Gasteiger partial charge in [-0.05, 0) is 68.4 Å². The Hall–Kier alpha value is -2.32. The van der Waals surface area contributed by atoms with Crippen LogP contribution in [0, 0.1) is 0 Å². The summed E-state index contributed by atoms with van der Waals surface area (Å²) in [6, 6.07) is 12.1. The zero-order valence-corrected chi connectivity index (χ0v) is 19.5. The van der Waals surface area contributed by atoms with Crippen LogP contribution in [-0.4, -0.2) is 43.7 Å². The summed E-state index contributed by atoms with van der Waals surface area (Å²) in [6.45, 7) is 0. The molecule has 9 heteroatoms. The average Bonchev–Trinajstić information content (AvgIpc) is 3.50. The highest BCUT2D eigenvalue weighted by Crippen LogP contribution is 2.49. The van der Waals surface area contributed by atoms with E-state index in [1.807, 2.05) is 30.3 Å². The first-order chi connectivity index (χ1) is 15.2. The van der Waals surface area contributed by atoms with Gasteiger partial charge < -0.3 is 10.2 Å². The molecule has 5 rings (SSSR count). The van der Waals surface area contributed by atoms with Crippen LogP contribution in [0.5, 0.6) is 0 Å². The molecule has 2 aliphatic heterocycles. The molecule has 3 fully saturated rings. The topological polar surface area (TPSA) is 91.4 Å². The fraction of sp³-hybridized carbons (Fsp3) is 0.478. The number of aromatic nitrogens is 1. The number of amides is 1. The number of benzene rings is 1. The molecule has 1 unspecified atom stereocenters. The van der Waals surface area contributed by atoms with E-state index in [0.29, 0.717) is 22.8 Å². The summed E-state index contributed by atoms with van der Waals surface area (Å²) in [4.78, 5) is 20.0. The van der Waals surface area contributed by atoms with Crippen molar-refractivity contribution in [3.8, 4) is 0 Å². The molecule has 3 atom stereocenters. The Morgan fingerprint density at radius 3 is 2.28 bits per heavy atom. The number of carbonyl (C=O) groups excluding carboxylic acids is 1. The molecule has 3 heterocycles. The van der Waals surface area contributed by atoms with E-state index in [2.05, 4.69) is 19.9 Å². The largest absolute Gasteiger partial charge is 0.352 e. The first-order valence-electron chi connectivity index (χ1n) is 11.0. The third kappa shape index (κ3) is 4.18. The first kappa shape index (κ1) is 21.5. The highest BCUT2D eigenvalue weighted by molar-refractivity contribution is 7.92. The Bertz CT molecular complexity index is 1100. The quantitative estimate of drug-likeness (QED) is 0.669. The summed E-state index contributed by atoms with van der Waals surface area (Å²) in [5.41, 5.74) is 1.11. The standard InChI is InChI=1S/C23H27ClN4O3S/c1-32(30,31)27-17-6-9-21(25-14-17)28-19-7-8-20(28)13-18(12-19)26-22(29)23(10-11-23)15-2-4-16(24)5-3-15/h2-6,9,14,18-20,27H,7-8,10-13H2,1H3,(H,26,29)/t18?,19-,20+. The minimum absolute atomic E-state index is 0.131. The third-order valence-corrected chi connectivity index (χ3v) is 7.82. The van der Waals surface area contributed by atoms with Crippen molar-refractivity contribution in [2.75, 3.05) is 15.9 Å². The lowest BCUT2D eigenvalue weighted by Crippen LogP contribution is -2.52. The van der Waals surface area contributed by atoms with Crippen LogP contribution in [0.2, 0.25) is 5.02 Å². The molecule has 1 amide bonds. The highest BCUT2D eigenvalue weighted by atomic mass is 35.5. The molecule has 2 saturated heterocycles. The van der Waals surface area contributed by atoms with Gasteiger partial charge in [-0.1, -0.05) is 23.7 Å². The third-order valence-electron chi connectivity index (χ3n) is 6.97. The Labute approximate surface area is 193 Å². The minimum atomic E-state index is -3.32. The smallest absolute Gasteiger partial charge is 0.230 e. The van der Waals surface area contributed by atoms with Crippen molar-refractivity contribution in [1.29, 1.82) is 0 Å². The number of nitrogens with zero attached hydrogens (tertiary/aromatic N) is 2. The lowest BCUT2D eigenvalue weighted by Gasteiger charge is -2.40. The van der Waals surface area contributed by atoms with Gasteiger partial charge in [0.15, 0.2) is 0 Å². The normalized spacial score (nSPS) is 25.9. The maximum absolute atomic E-state index is 13.2. The van der Waals surface area contributed by atoms with Crippen molar-refractivity contribution in [3.05, 3.63) is 53.2 Å². The fourth-order valence-electron chi connectivity index (χ4n) is 5.35. The lowest BCUT2D eigenvalue weighted by molar-refractivity contribution is -0.124. The molecule has 0 spiro atoms. The van der Waals surface area contributed by atoms with Crippen LogP contribution in [0.1, 0.15) is 44.1 Å². The first-order valence-corrected chi connectivity index (χ1v) is 13.3. The summed E-state index contributed by atoms with van der Waals surface area (Å²) >= 11 is 6.02. The van der Waals surface area contributed by atoms with Gasteiger partial charge in [-0.15, -0.1) is 0 Å². The molecule has 32 heavy (non-hydrogen) atoms. The van der Waals surface area contributed by atoms with Crippen molar-refractivity contribution < 1.29 is 13.2 Å². The van der Waals surface area contributed by atoms with Crippen LogP contribution >= 0.6 is 11.6 Å². The van der Waals surface area contributed by atoms with Gasteiger partial charge in [-0.25, -0.2) is 13.4 Å². The van der Waals surface area contributed by atoms with Gasteiger partial charge in [0.2, 0.25) is 15.9 Å². The molecule has 1 aromatic heterocycles. The number of piperidine rings is 1. The zero-order chi connectivity index (χ0) is 22.5. The summed E-state index contributed by atoms with van der Waals surface area (Å²) in [7, 11) is -3.32. The highest BCUT2D eigenvalue weighted by Gasteiger charge is 2.52. The number of fused-ring (bicyclic) bond motifs is 2. The van der Waals surface area contributed by atoms with Crippen molar-refractivity contribution in [1.82, 2.24) is 10.3 Å². The second-order valence-electron chi connectivity index (χ2n) is 9.30. The van der Waals surface area contributed by atoms with E-state index in [-0.39, 0.29) is 11.9 Å². The summed E-state index contributed by atoms with van der Waals surface area (Å²) < 4.78 is 25.3. The molecule has 1 saturated carbocycles. The van der Waals surface area contributed by atoms with Crippen LogP contribution in [0.3, 0.4) is 0 Å². The molecule has 0 radical (unpaired) electrons. The molecular weight excluding hydrogens is 448 g/mol. The fourth-order valence-corrected chi connectivity index (χ4v) is 6.02. The number of anilines is 2. The number of nitrogens with one attached hydrogen (secondary N) is 2. The van der Waals surface area contributed by atoms with Crippen LogP contribution in [0.15, 0.2) is 42.6 Å². The predicted octanol–water partition coefficient (Wildman–Crippen LogP) is 3.45. The number of sulfonamides is 1. The van der Waals surface area contributed by atoms with E-state index in [4.69, 9.17) is 11.6 Å². The molecule has 2 aromatic rings. The second-order valence-corrected chi connectivity index (χ2v) is 11.5. The molecule has 2 bridgehead atoms. The molecule has 7 nitrogen and oxygen atoms in total. The van der Waals surface area contributed by atoms with E-state index in [1.54, 1.807) is 12.3 Å². The molecular formula is C23H27ClN4O3S. The van der Waals surface area contributed by atoms with Crippen LogP contribution in [-0.2, 0) is 20.2 Å². The lowest BCUT2D eigenvalue weighted by atomic mass is 9.92. The van der Waals surface area contributed by atoms with Crippen LogP contribution < -0.4 is 14.9 Å². The molecule has 170 valence electrons. The van der Waals surface area contributed by atoms with Crippen LogP contribution in [0.25, 0.3) is 0 Å². The van der Waals surface area contributed by atoms with E-state index < -0.39 is 15.4 Å². The van der Waals surface area contributed by atoms with Gasteiger partial charge >= 0.3 is 0 Å². The Morgan fingerprint density at radius 2 is 1.75 bits per heavy atom. The maximum Gasteiger partial charge on any atom is 0.230 e. The van der Waals surface area contributed by atoms with Crippen molar-refractivity contribution in [2.45, 2.75) is 62.1 Å². The molecule has 1 aromatic carbocycles. The zero-order valence-electron chi connectivity index (χ0n) is 17.9. The Morgan fingerprint density at radius 1 is 1.09 bits per heavy atom. The van der Waals surface area contributed by atoms with Gasteiger partial charge in [-0.3, -0.25) is 9.52 Å². The number of pyridine rings is 1. The molecule has 1 aliphatic carbocycles. The summed E-state index contributed by atoms with van der Waals surface area (Å²) in [6.07, 6.45) is 8.38. The Kier molecular flexibility index (Phi) is 5.33. The number of halogens is 1. The maximum atomic E-state index is 13.2. The number of rotatable bonds is 6. The van der Waals surface area contributed by atoms with E-state index >= 15 is 0 Å². The number of carbonyl (C=O) groups is 1. The average molecular weight is 475 g/mol. The van der Waals surface area contributed by atoms with Crippen molar-refractivity contribution in [3.63, 3.8) is 0 Å².